The van der Waals surface area contributed by atoms with Crippen LogP contribution in [-0.2, 0) is 22.7 Å². The van der Waals surface area contributed by atoms with Gasteiger partial charge in [0.15, 0.2) is 0 Å². The number of carbonyl (C=O) groups excluding carboxylic acids is 1. The van der Waals surface area contributed by atoms with Crippen LogP contribution in [0.15, 0.2) is 60.0 Å². The molecule has 0 saturated carbocycles. The summed E-state index contributed by atoms with van der Waals surface area (Å²) in [5.74, 6) is 0.573. The minimum Gasteiger partial charge on any atom is -0.487 e. The number of carbonyl (C=O) groups is 1. The van der Waals surface area contributed by atoms with Crippen molar-refractivity contribution in [1.82, 2.24) is 9.88 Å². The topological polar surface area (TPSA) is 63.7 Å². The number of hydrogen-bond acceptors (Lipinski definition) is 6. The van der Waals surface area contributed by atoms with Crippen LogP contribution in [0.5, 0.6) is 5.75 Å². The highest BCUT2D eigenvalue weighted by molar-refractivity contribution is 7.09. The normalized spacial score (nSPS) is 14.5. The van der Waals surface area contributed by atoms with Crippen LogP contribution in [-0.4, -0.2) is 42.1 Å². The van der Waals surface area contributed by atoms with Crippen molar-refractivity contribution < 1.29 is 14.3 Å². The van der Waals surface area contributed by atoms with Gasteiger partial charge < -0.3 is 14.8 Å². The highest BCUT2D eigenvalue weighted by Crippen LogP contribution is 2.18. The first-order chi connectivity index (χ1) is 15.6. The lowest BCUT2D eigenvalue weighted by molar-refractivity contribution is -0.111. The number of rotatable bonds is 8. The van der Waals surface area contributed by atoms with Gasteiger partial charge in [-0.2, -0.15) is 0 Å². The predicted molar refractivity (Wildman–Crippen MR) is 128 cm³/mol. The van der Waals surface area contributed by atoms with Crippen molar-refractivity contribution >= 4 is 29.0 Å². The lowest BCUT2D eigenvalue weighted by Gasteiger charge is -2.26. The van der Waals surface area contributed by atoms with E-state index in [1.807, 2.05) is 48.7 Å². The van der Waals surface area contributed by atoms with E-state index in [0.29, 0.717) is 6.61 Å². The Balaban J connectivity index is 1.27. The summed E-state index contributed by atoms with van der Waals surface area (Å²) in [6.07, 6.45) is 3.31. The molecular weight excluding hydrogens is 422 g/mol. The molecule has 2 aromatic carbocycles. The molecule has 0 spiro atoms. The van der Waals surface area contributed by atoms with Gasteiger partial charge in [-0.15, -0.1) is 11.3 Å². The molecule has 6 nitrogen and oxygen atoms in total. The third-order valence-electron chi connectivity index (χ3n) is 5.07. The number of nitrogens with one attached hydrogen (secondary N) is 1. The maximum absolute atomic E-state index is 12.3. The average molecular weight is 450 g/mol. The quantitative estimate of drug-likeness (QED) is 0.513. The molecule has 7 heteroatoms. The van der Waals surface area contributed by atoms with Crippen molar-refractivity contribution in [3.8, 4) is 5.75 Å². The molecule has 1 aliphatic heterocycles. The molecule has 1 N–H and O–H groups in total. The smallest absolute Gasteiger partial charge is 0.248 e. The number of morpholine rings is 1. The molecule has 1 saturated heterocycles. The Labute approximate surface area is 192 Å². The molecule has 0 aliphatic carbocycles. The van der Waals surface area contributed by atoms with Crippen molar-refractivity contribution in [1.29, 1.82) is 0 Å². The van der Waals surface area contributed by atoms with E-state index in [9.17, 15) is 4.79 Å². The van der Waals surface area contributed by atoms with Gasteiger partial charge in [0.05, 0.1) is 23.9 Å². The summed E-state index contributed by atoms with van der Waals surface area (Å²) in [6, 6.07) is 15.6. The van der Waals surface area contributed by atoms with Gasteiger partial charge in [-0.3, -0.25) is 9.69 Å². The molecule has 0 unspecified atom stereocenters. The van der Waals surface area contributed by atoms with Crippen molar-refractivity contribution in [2.24, 2.45) is 0 Å². The molecule has 3 aromatic rings. The highest BCUT2D eigenvalue weighted by Gasteiger charge is 2.10. The first-order valence-electron chi connectivity index (χ1n) is 10.7. The molecule has 1 amide bonds. The van der Waals surface area contributed by atoms with E-state index in [2.05, 4.69) is 27.3 Å². The van der Waals surface area contributed by atoms with E-state index in [0.717, 1.165) is 60.5 Å². The van der Waals surface area contributed by atoms with Crippen molar-refractivity contribution in [2.75, 3.05) is 31.6 Å². The Morgan fingerprint density at radius 1 is 1.22 bits per heavy atom. The molecule has 2 heterocycles. The van der Waals surface area contributed by atoms with Crippen LogP contribution >= 0.6 is 11.3 Å². The van der Waals surface area contributed by atoms with Gasteiger partial charge in [0, 0.05) is 36.8 Å². The second-order valence-electron chi connectivity index (χ2n) is 7.63. The summed E-state index contributed by atoms with van der Waals surface area (Å²) in [5, 5.41) is 5.93. The summed E-state index contributed by atoms with van der Waals surface area (Å²) in [4.78, 5) is 19.1. The number of ether oxygens (including phenoxy) is 2. The van der Waals surface area contributed by atoms with Gasteiger partial charge in [-0.05, 0) is 48.4 Å². The molecule has 1 fully saturated rings. The standard InChI is InChI=1S/C25H27N3O3S/c1-19-26-23(18-32-19)17-31-24-4-2-3-20(15-24)7-10-25(29)27-22-8-5-21(6-9-22)16-28-11-13-30-14-12-28/h2-10,15,18H,11-14,16-17H2,1H3,(H,27,29)/b10-7+. The SMILES string of the molecule is Cc1nc(COc2cccc(/C=C/C(=O)Nc3ccc(CN4CCOCC4)cc3)c2)cs1. The fourth-order valence-electron chi connectivity index (χ4n) is 3.41. The second-order valence-corrected chi connectivity index (χ2v) is 8.69. The molecule has 32 heavy (non-hydrogen) atoms. The number of thiazole rings is 1. The number of aryl methyl sites for hydroxylation is 1. The minimum absolute atomic E-state index is 0.171. The van der Waals surface area contributed by atoms with E-state index < -0.39 is 0 Å². The van der Waals surface area contributed by atoms with E-state index in [1.165, 1.54) is 11.6 Å². The average Bonchev–Trinajstić information content (AvgIpc) is 3.24. The number of nitrogens with zero attached hydrogens (tertiary/aromatic N) is 2. The van der Waals surface area contributed by atoms with Crippen LogP contribution in [0, 0.1) is 6.92 Å². The Kier molecular flexibility index (Phi) is 7.66. The number of hydrogen-bond donors (Lipinski definition) is 1. The Bertz CT molecular complexity index is 1060. The van der Waals surface area contributed by atoms with Crippen LogP contribution in [0.3, 0.4) is 0 Å². The molecular formula is C25H27N3O3S. The Hall–Kier alpha value is -3.00. The van der Waals surface area contributed by atoms with E-state index in [4.69, 9.17) is 9.47 Å². The first-order valence-corrected chi connectivity index (χ1v) is 11.5. The van der Waals surface area contributed by atoms with Crippen LogP contribution in [0.4, 0.5) is 5.69 Å². The Morgan fingerprint density at radius 2 is 2.03 bits per heavy atom. The highest BCUT2D eigenvalue weighted by atomic mass is 32.1. The lowest BCUT2D eigenvalue weighted by Crippen LogP contribution is -2.35. The summed E-state index contributed by atoms with van der Waals surface area (Å²) in [7, 11) is 0. The second kappa shape index (κ2) is 11.0. The Morgan fingerprint density at radius 3 is 2.78 bits per heavy atom. The van der Waals surface area contributed by atoms with Gasteiger partial charge in [0.1, 0.15) is 12.4 Å². The summed E-state index contributed by atoms with van der Waals surface area (Å²) >= 11 is 1.61. The molecule has 166 valence electrons. The third-order valence-corrected chi connectivity index (χ3v) is 5.89. The summed E-state index contributed by atoms with van der Waals surface area (Å²) < 4.78 is 11.2. The van der Waals surface area contributed by atoms with E-state index in [1.54, 1.807) is 17.4 Å². The van der Waals surface area contributed by atoms with Crippen LogP contribution in [0.2, 0.25) is 0 Å². The molecule has 0 radical (unpaired) electrons. The maximum atomic E-state index is 12.3. The van der Waals surface area contributed by atoms with Gasteiger partial charge in [0.2, 0.25) is 5.91 Å². The van der Waals surface area contributed by atoms with Crippen molar-refractivity contribution in [3.63, 3.8) is 0 Å². The zero-order chi connectivity index (χ0) is 22.2. The number of aromatic nitrogens is 1. The van der Waals surface area contributed by atoms with Crippen LogP contribution in [0.25, 0.3) is 6.08 Å². The molecule has 1 aromatic heterocycles. The fourth-order valence-corrected chi connectivity index (χ4v) is 4.00. The first kappa shape index (κ1) is 22.2. The third kappa shape index (κ3) is 6.75. The molecule has 1 aliphatic rings. The van der Waals surface area contributed by atoms with Crippen molar-refractivity contribution in [3.05, 3.63) is 81.8 Å². The lowest BCUT2D eigenvalue weighted by atomic mass is 10.2. The number of benzene rings is 2. The van der Waals surface area contributed by atoms with Crippen LogP contribution < -0.4 is 10.1 Å². The number of anilines is 1. The van der Waals surface area contributed by atoms with Gasteiger partial charge in [0.25, 0.3) is 0 Å². The van der Waals surface area contributed by atoms with Gasteiger partial charge in [-0.25, -0.2) is 4.98 Å². The minimum atomic E-state index is -0.171. The molecule has 0 atom stereocenters. The van der Waals surface area contributed by atoms with E-state index in [-0.39, 0.29) is 5.91 Å². The van der Waals surface area contributed by atoms with E-state index >= 15 is 0 Å². The van der Waals surface area contributed by atoms with Gasteiger partial charge >= 0.3 is 0 Å². The predicted octanol–water partition coefficient (Wildman–Crippen LogP) is 4.51. The summed E-state index contributed by atoms with van der Waals surface area (Å²) in [6.45, 7) is 6.81. The number of amides is 1. The zero-order valence-electron chi connectivity index (χ0n) is 18.1. The van der Waals surface area contributed by atoms with Gasteiger partial charge in [-0.1, -0.05) is 24.3 Å². The largest absolute Gasteiger partial charge is 0.487 e. The zero-order valence-corrected chi connectivity index (χ0v) is 18.9. The van der Waals surface area contributed by atoms with Crippen molar-refractivity contribution in [2.45, 2.75) is 20.1 Å². The fraction of sp³-hybridized carbons (Fsp3) is 0.280. The summed E-state index contributed by atoms with van der Waals surface area (Å²) in [5.41, 5.74) is 3.82. The molecule has 4 rings (SSSR count). The maximum Gasteiger partial charge on any atom is 0.248 e. The van der Waals surface area contributed by atoms with Crippen LogP contribution in [0.1, 0.15) is 21.8 Å². The molecule has 0 bridgehead atoms. The monoisotopic (exact) mass is 449 g/mol.